The Morgan fingerprint density at radius 2 is 1.86 bits per heavy atom. The second-order valence-corrected chi connectivity index (χ2v) is 6.52. The first-order valence-corrected chi connectivity index (χ1v) is 9.05. The molecule has 1 aliphatic carbocycles. The van der Waals surface area contributed by atoms with Gasteiger partial charge in [0.25, 0.3) is 11.8 Å². The lowest BCUT2D eigenvalue weighted by Crippen LogP contribution is -2.33. The van der Waals surface area contributed by atoms with Crippen molar-refractivity contribution in [2.75, 3.05) is 11.9 Å². The van der Waals surface area contributed by atoms with Gasteiger partial charge in [0.05, 0.1) is 17.3 Å². The van der Waals surface area contributed by atoms with Gasteiger partial charge < -0.3 is 19.8 Å². The molecule has 1 saturated carbocycles. The molecule has 1 aromatic carbocycles. The van der Waals surface area contributed by atoms with E-state index in [-0.39, 0.29) is 23.4 Å². The van der Waals surface area contributed by atoms with Crippen molar-refractivity contribution < 1.29 is 28.5 Å². The minimum absolute atomic E-state index is 0.129. The molecule has 2 amide bonds. The topological polar surface area (TPSA) is 141 Å². The number of benzene rings is 1. The molecule has 1 aliphatic rings. The predicted molar refractivity (Wildman–Crippen MR) is 100 cm³/mol. The van der Waals surface area contributed by atoms with Crippen LogP contribution < -0.4 is 10.6 Å². The monoisotopic (exact) mass is 401 g/mol. The van der Waals surface area contributed by atoms with Gasteiger partial charge in [0.1, 0.15) is 4.92 Å². The van der Waals surface area contributed by atoms with Crippen LogP contribution in [0, 0.1) is 10.1 Å². The fourth-order valence-corrected chi connectivity index (χ4v) is 3.05. The second kappa shape index (κ2) is 9.00. The summed E-state index contributed by atoms with van der Waals surface area (Å²) in [6.45, 7) is -0.647. The Bertz CT molecular complexity index is 931. The lowest BCUT2D eigenvalue weighted by Gasteiger charge is -2.15. The Hall–Kier alpha value is -3.69. The van der Waals surface area contributed by atoms with Crippen LogP contribution in [0.1, 0.15) is 46.6 Å². The fraction of sp³-hybridized carbons (Fsp3) is 0.316. The highest BCUT2D eigenvalue weighted by molar-refractivity contribution is 6.04. The zero-order chi connectivity index (χ0) is 20.8. The SMILES string of the molecule is O=C(COC(=O)c1ccc([N+](=O)[O-])o1)Nc1ccccc1C(=O)NC1CCCC1. The van der Waals surface area contributed by atoms with Crippen LogP contribution in [0.3, 0.4) is 0 Å². The van der Waals surface area contributed by atoms with E-state index in [9.17, 15) is 24.5 Å². The number of carbonyl (C=O) groups is 3. The number of amides is 2. The number of carbonyl (C=O) groups excluding carboxylic acids is 3. The molecule has 2 aromatic rings. The van der Waals surface area contributed by atoms with Gasteiger partial charge in [0, 0.05) is 6.04 Å². The van der Waals surface area contributed by atoms with Crippen LogP contribution in [0.5, 0.6) is 0 Å². The Balaban J connectivity index is 1.56. The van der Waals surface area contributed by atoms with E-state index in [0.717, 1.165) is 37.8 Å². The van der Waals surface area contributed by atoms with E-state index < -0.39 is 29.3 Å². The van der Waals surface area contributed by atoms with Crippen LogP contribution in [0.25, 0.3) is 0 Å². The van der Waals surface area contributed by atoms with E-state index in [2.05, 4.69) is 10.6 Å². The number of nitro groups is 1. The smallest absolute Gasteiger partial charge is 0.433 e. The van der Waals surface area contributed by atoms with E-state index in [4.69, 9.17) is 9.15 Å². The summed E-state index contributed by atoms with van der Waals surface area (Å²) >= 11 is 0. The summed E-state index contributed by atoms with van der Waals surface area (Å²) in [5, 5.41) is 16.0. The van der Waals surface area contributed by atoms with Gasteiger partial charge in [-0.1, -0.05) is 25.0 Å². The molecule has 152 valence electrons. The summed E-state index contributed by atoms with van der Waals surface area (Å²) in [5.74, 6) is -2.96. The van der Waals surface area contributed by atoms with Gasteiger partial charge in [-0.3, -0.25) is 19.7 Å². The molecule has 0 spiro atoms. The van der Waals surface area contributed by atoms with E-state index in [0.29, 0.717) is 5.56 Å². The third-order valence-electron chi connectivity index (χ3n) is 4.44. The largest absolute Gasteiger partial charge is 0.450 e. The average molecular weight is 401 g/mol. The maximum atomic E-state index is 12.5. The zero-order valence-electron chi connectivity index (χ0n) is 15.4. The minimum atomic E-state index is -1.01. The van der Waals surface area contributed by atoms with Crippen LogP contribution in [-0.2, 0) is 9.53 Å². The summed E-state index contributed by atoms with van der Waals surface area (Å²) in [6.07, 6.45) is 4.02. The molecule has 29 heavy (non-hydrogen) atoms. The molecule has 0 atom stereocenters. The first-order chi connectivity index (χ1) is 13.9. The molecular formula is C19H19N3O7. The van der Waals surface area contributed by atoms with Gasteiger partial charge in [-0.25, -0.2) is 4.79 Å². The van der Waals surface area contributed by atoms with Gasteiger partial charge in [0.2, 0.25) is 5.76 Å². The predicted octanol–water partition coefficient (Wildman–Crippen LogP) is 2.66. The second-order valence-electron chi connectivity index (χ2n) is 6.52. The molecule has 0 unspecified atom stereocenters. The number of esters is 1. The van der Waals surface area contributed by atoms with Crippen molar-refractivity contribution in [3.05, 3.63) is 57.8 Å². The molecule has 0 saturated heterocycles. The molecule has 0 bridgehead atoms. The number of rotatable bonds is 7. The highest BCUT2D eigenvalue weighted by Gasteiger charge is 2.21. The molecule has 10 nitrogen and oxygen atoms in total. The van der Waals surface area contributed by atoms with Crippen molar-refractivity contribution in [2.45, 2.75) is 31.7 Å². The molecule has 2 N–H and O–H groups in total. The van der Waals surface area contributed by atoms with Gasteiger partial charge in [-0.2, -0.15) is 0 Å². The summed E-state index contributed by atoms with van der Waals surface area (Å²) in [6, 6.07) is 8.73. The first-order valence-electron chi connectivity index (χ1n) is 9.05. The zero-order valence-corrected chi connectivity index (χ0v) is 15.4. The van der Waals surface area contributed by atoms with Crippen LogP contribution in [0.4, 0.5) is 11.6 Å². The highest BCUT2D eigenvalue weighted by atomic mass is 16.7. The normalized spacial score (nSPS) is 13.7. The van der Waals surface area contributed by atoms with E-state index >= 15 is 0 Å². The summed E-state index contributed by atoms with van der Waals surface area (Å²) in [4.78, 5) is 46.2. The standard InChI is InChI=1S/C19H19N3O7/c23-16(11-28-19(25)15-9-10-17(29-15)22(26)27)21-14-8-4-3-7-13(14)18(24)20-12-5-1-2-6-12/h3-4,7-10,12H,1-2,5-6,11H2,(H,20,24)(H,21,23). The van der Waals surface area contributed by atoms with Crippen LogP contribution in [0.2, 0.25) is 0 Å². The molecule has 10 heteroatoms. The maximum Gasteiger partial charge on any atom is 0.433 e. The van der Waals surface area contributed by atoms with Gasteiger partial charge in [-0.05, 0) is 31.0 Å². The van der Waals surface area contributed by atoms with E-state index in [1.54, 1.807) is 24.3 Å². The maximum absolute atomic E-state index is 12.5. The number of para-hydroxylation sites is 1. The van der Waals surface area contributed by atoms with Crippen LogP contribution >= 0.6 is 0 Å². The fourth-order valence-electron chi connectivity index (χ4n) is 3.05. The molecular weight excluding hydrogens is 382 g/mol. The summed E-state index contributed by atoms with van der Waals surface area (Å²) in [5.41, 5.74) is 0.596. The lowest BCUT2D eigenvalue weighted by atomic mass is 10.1. The Morgan fingerprint density at radius 1 is 1.14 bits per heavy atom. The molecule has 3 rings (SSSR count). The molecule has 1 heterocycles. The van der Waals surface area contributed by atoms with E-state index in [1.165, 1.54) is 0 Å². The van der Waals surface area contributed by atoms with Gasteiger partial charge in [-0.15, -0.1) is 0 Å². The first kappa shape index (κ1) is 20.1. The summed E-state index contributed by atoms with van der Waals surface area (Å²) < 4.78 is 9.51. The molecule has 1 aromatic heterocycles. The average Bonchev–Trinajstić information content (AvgIpc) is 3.38. The number of hydrogen-bond donors (Lipinski definition) is 2. The van der Waals surface area contributed by atoms with E-state index in [1.807, 2.05) is 0 Å². The Kier molecular flexibility index (Phi) is 6.22. The minimum Gasteiger partial charge on any atom is -0.450 e. The number of anilines is 1. The van der Waals surface area contributed by atoms with Crippen molar-refractivity contribution in [3.8, 4) is 0 Å². The lowest BCUT2D eigenvalue weighted by molar-refractivity contribution is -0.402. The summed E-state index contributed by atoms with van der Waals surface area (Å²) in [7, 11) is 0. The van der Waals surface area contributed by atoms with Crippen LogP contribution in [-0.4, -0.2) is 35.4 Å². The number of hydrogen-bond acceptors (Lipinski definition) is 7. The molecule has 0 radical (unpaired) electrons. The van der Waals surface area contributed by atoms with Crippen molar-refractivity contribution in [1.82, 2.24) is 5.32 Å². The number of nitrogens with zero attached hydrogens (tertiary/aromatic N) is 1. The highest BCUT2D eigenvalue weighted by Crippen LogP contribution is 2.20. The quantitative estimate of drug-likeness (QED) is 0.413. The van der Waals surface area contributed by atoms with Crippen LogP contribution in [0.15, 0.2) is 40.8 Å². The molecule has 1 fully saturated rings. The Labute approximate surface area is 165 Å². The molecule has 0 aliphatic heterocycles. The third kappa shape index (κ3) is 5.18. The Morgan fingerprint density at radius 3 is 2.55 bits per heavy atom. The third-order valence-corrected chi connectivity index (χ3v) is 4.44. The number of nitrogens with one attached hydrogen (secondary N) is 2. The van der Waals surface area contributed by atoms with Gasteiger partial charge in [0.15, 0.2) is 6.61 Å². The van der Waals surface area contributed by atoms with Crippen molar-refractivity contribution in [1.29, 1.82) is 0 Å². The number of ether oxygens (including phenoxy) is 1. The number of furan rings is 1. The van der Waals surface area contributed by atoms with Crippen molar-refractivity contribution >= 4 is 29.4 Å². The van der Waals surface area contributed by atoms with Crippen molar-refractivity contribution in [3.63, 3.8) is 0 Å². The van der Waals surface area contributed by atoms with Gasteiger partial charge >= 0.3 is 11.9 Å². The van der Waals surface area contributed by atoms with Crippen molar-refractivity contribution in [2.24, 2.45) is 0 Å².